The molecule has 14 heavy (non-hydrogen) atoms. The van der Waals surface area contributed by atoms with Gasteiger partial charge in [0.15, 0.2) is 0 Å². The van der Waals surface area contributed by atoms with Crippen LogP contribution in [0.25, 0.3) is 0 Å². The topological polar surface area (TPSA) is 34.1 Å². The van der Waals surface area contributed by atoms with Crippen molar-refractivity contribution in [2.45, 2.75) is 26.9 Å². The first-order chi connectivity index (χ1) is 6.72. The van der Waals surface area contributed by atoms with Gasteiger partial charge in [-0.25, -0.2) is 4.98 Å². The molecule has 0 saturated carbocycles. The molecule has 3 nitrogen and oxygen atoms in total. The van der Waals surface area contributed by atoms with E-state index in [2.05, 4.69) is 10.3 Å². The third-order valence-corrected chi connectivity index (χ3v) is 1.93. The third-order valence-electron chi connectivity index (χ3n) is 1.93. The van der Waals surface area contributed by atoms with Crippen LogP contribution in [-0.2, 0) is 4.74 Å². The minimum atomic E-state index is 0.225. The van der Waals surface area contributed by atoms with Crippen LogP contribution in [0.2, 0.25) is 0 Å². The highest BCUT2D eigenvalue weighted by Crippen LogP contribution is 2.04. The zero-order valence-corrected chi connectivity index (χ0v) is 9.08. The van der Waals surface area contributed by atoms with E-state index in [1.54, 1.807) is 0 Å². The molecule has 1 unspecified atom stereocenters. The fourth-order valence-corrected chi connectivity index (χ4v) is 1.16. The van der Waals surface area contributed by atoms with Crippen LogP contribution in [0.15, 0.2) is 18.3 Å². The lowest BCUT2D eigenvalue weighted by Gasteiger charge is -2.12. The molecular weight excluding hydrogens is 176 g/mol. The van der Waals surface area contributed by atoms with E-state index in [0.717, 1.165) is 19.0 Å². The first-order valence-electron chi connectivity index (χ1n) is 5.00. The van der Waals surface area contributed by atoms with Crippen LogP contribution >= 0.6 is 0 Å². The van der Waals surface area contributed by atoms with Crippen LogP contribution in [0.3, 0.4) is 0 Å². The molecule has 0 amide bonds. The molecule has 0 fully saturated rings. The average Bonchev–Trinajstić information content (AvgIpc) is 2.17. The second-order valence-electron chi connectivity index (χ2n) is 3.37. The summed E-state index contributed by atoms with van der Waals surface area (Å²) in [5, 5.41) is 3.22. The van der Waals surface area contributed by atoms with E-state index in [9.17, 15) is 0 Å². The number of aromatic nitrogens is 1. The van der Waals surface area contributed by atoms with Gasteiger partial charge in [-0.3, -0.25) is 0 Å². The molecule has 1 N–H and O–H groups in total. The molecule has 0 aromatic carbocycles. The van der Waals surface area contributed by atoms with Crippen LogP contribution < -0.4 is 5.32 Å². The first kappa shape index (κ1) is 11.0. The summed E-state index contributed by atoms with van der Waals surface area (Å²) >= 11 is 0. The van der Waals surface area contributed by atoms with Crippen molar-refractivity contribution >= 4 is 5.82 Å². The number of rotatable bonds is 5. The maximum Gasteiger partial charge on any atom is 0.125 e. The average molecular weight is 194 g/mol. The Kier molecular flexibility index (Phi) is 4.40. The maximum atomic E-state index is 5.40. The summed E-state index contributed by atoms with van der Waals surface area (Å²) in [6, 6.07) is 4.02. The largest absolute Gasteiger partial charge is 0.377 e. The van der Waals surface area contributed by atoms with E-state index >= 15 is 0 Å². The van der Waals surface area contributed by atoms with Crippen LogP contribution in [0.5, 0.6) is 0 Å². The maximum absolute atomic E-state index is 5.40. The van der Waals surface area contributed by atoms with E-state index < -0.39 is 0 Å². The Morgan fingerprint density at radius 1 is 1.50 bits per heavy atom. The molecule has 1 rings (SSSR count). The molecule has 1 atom stereocenters. The molecule has 1 aromatic rings. The van der Waals surface area contributed by atoms with Crippen molar-refractivity contribution in [1.29, 1.82) is 0 Å². The van der Waals surface area contributed by atoms with Gasteiger partial charge in [0.2, 0.25) is 0 Å². The Hall–Kier alpha value is -1.09. The molecule has 3 heteroatoms. The van der Waals surface area contributed by atoms with Crippen molar-refractivity contribution in [1.82, 2.24) is 4.98 Å². The number of hydrogen-bond acceptors (Lipinski definition) is 3. The minimum absolute atomic E-state index is 0.225. The van der Waals surface area contributed by atoms with Crippen molar-refractivity contribution < 1.29 is 4.74 Å². The highest BCUT2D eigenvalue weighted by molar-refractivity contribution is 5.35. The normalized spacial score (nSPS) is 12.5. The quantitative estimate of drug-likeness (QED) is 0.780. The standard InChI is InChI=1S/C11H18N2O/c1-4-14-10(3)8-13-11-6-5-9(2)7-12-11/h5-7,10H,4,8H2,1-3H3,(H,12,13). The lowest BCUT2D eigenvalue weighted by molar-refractivity contribution is 0.0855. The number of ether oxygens (including phenoxy) is 1. The van der Waals surface area contributed by atoms with Gasteiger partial charge in [0, 0.05) is 19.3 Å². The first-order valence-corrected chi connectivity index (χ1v) is 5.00. The van der Waals surface area contributed by atoms with Gasteiger partial charge in [0.1, 0.15) is 5.82 Å². The third kappa shape index (κ3) is 3.75. The van der Waals surface area contributed by atoms with Crippen LogP contribution in [0.1, 0.15) is 19.4 Å². The molecule has 0 aliphatic carbocycles. The number of nitrogens with one attached hydrogen (secondary N) is 1. The van der Waals surface area contributed by atoms with E-state index in [-0.39, 0.29) is 6.10 Å². The summed E-state index contributed by atoms with van der Waals surface area (Å²) in [7, 11) is 0. The zero-order valence-electron chi connectivity index (χ0n) is 9.08. The summed E-state index contributed by atoms with van der Waals surface area (Å²) in [5.74, 6) is 0.905. The summed E-state index contributed by atoms with van der Waals surface area (Å²) in [5.41, 5.74) is 1.17. The molecule has 1 aromatic heterocycles. The van der Waals surface area contributed by atoms with E-state index in [1.807, 2.05) is 39.1 Å². The Morgan fingerprint density at radius 3 is 2.86 bits per heavy atom. The number of aryl methyl sites for hydroxylation is 1. The number of hydrogen-bond donors (Lipinski definition) is 1. The Labute approximate surface area is 85.5 Å². The minimum Gasteiger partial charge on any atom is -0.377 e. The zero-order chi connectivity index (χ0) is 10.4. The van der Waals surface area contributed by atoms with Gasteiger partial charge in [-0.2, -0.15) is 0 Å². The fraction of sp³-hybridized carbons (Fsp3) is 0.545. The monoisotopic (exact) mass is 194 g/mol. The molecule has 0 spiro atoms. The molecule has 1 heterocycles. The lowest BCUT2D eigenvalue weighted by Crippen LogP contribution is -2.20. The molecule has 0 bridgehead atoms. The molecular formula is C11H18N2O. The van der Waals surface area contributed by atoms with Gasteiger partial charge in [0.25, 0.3) is 0 Å². The van der Waals surface area contributed by atoms with Crippen LogP contribution in [0.4, 0.5) is 5.82 Å². The van der Waals surface area contributed by atoms with Gasteiger partial charge < -0.3 is 10.1 Å². The summed E-state index contributed by atoms with van der Waals surface area (Å²) in [6.45, 7) is 7.62. The SMILES string of the molecule is CCOC(C)CNc1ccc(C)cn1. The summed E-state index contributed by atoms with van der Waals surface area (Å²) < 4.78 is 5.40. The van der Waals surface area contributed by atoms with Crippen molar-refractivity contribution in [2.24, 2.45) is 0 Å². The van der Waals surface area contributed by atoms with Gasteiger partial charge in [-0.05, 0) is 32.4 Å². The highest BCUT2D eigenvalue weighted by atomic mass is 16.5. The van der Waals surface area contributed by atoms with E-state index in [4.69, 9.17) is 4.74 Å². The highest BCUT2D eigenvalue weighted by Gasteiger charge is 2.00. The van der Waals surface area contributed by atoms with Crippen LogP contribution in [0, 0.1) is 6.92 Å². The molecule has 0 saturated heterocycles. The molecule has 0 aliphatic heterocycles. The molecule has 0 aliphatic rings. The van der Waals surface area contributed by atoms with Crippen molar-refractivity contribution in [2.75, 3.05) is 18.5 Å². The Morgan fingerprint density at radius 2 is 2.29 bits per heavy atom. The van der Waals surface area contributed by atoms with Gasteiger partial charge in [-0.15, -0.1) is 0 Å². The van der Waals surface area contributed by atoms with Crippen LogP contribution in [-0.4, -0.2) is 24.2 Å². The Bertz CT molecular complexity index is 258. The van der Waals surface area contributed by atoms with Crippen molar-refractivity contribution in [3.63, 3.8) is 0 Å². The van der Waals surface area contributed by atoms with Crippen molar-refractivity contribution in [3.05, 3.63) is 23.9 Å². The second kappa shape index (κ2) is 5.60. The lowest BCUT2D eigenvalue weighted by atomic mass is 10.3. The molecule has 0 radical (unpaired) electrons. The summed E-state index contributed by atoms with van der Waals surface area (Å²) in [6.07, 6.45) is 2.08. The molecule has 78 valence electrons. The smallest absolute Gasteiger partial charge is 0.125 e. The van der Waals surface area contributed by atoms with E-state index in [1.165, 1.54) is 5.56 Å². The van der Waals surface area contributed by atoms with E-state index in [0.29, 0.717) is 0 Å². The number of nitrogens with zero attached hydrogens (tertiary/aromatic N) is 1. The van der Waals surface area contributed by atoms with Crippen molar-refractivity contribution in [3.8, 4) is 0 Å². The second-order valence-corrected chi connectivity index (χ2v) is 3.37. The number of pyridine rings is 1. The van der Waals surface area contributed by atoms with Gasteiger partial charge in [-0.1, -0.05) is 6.07 Å². The van der Waals surface area contributed by atoms with Gasteiger partial charge >= 0.3 is 0 Å². The fourth-order valence-electron chi connectivity index (χ4n) is 1.16. The predicted molar refractivity (Wildman–Crippen MR) is 58.6 cm³/mol. The summed E-state index contributed by atoms with van der Waals surface area (Å²) in [4.78, 5) is 4.24. The number of anilines is 1. The predicted octanol–water partition coefficient (Wildman–Crippen LogP) is 2.23. The Balaban J connectivity index is 2.34. The van der Waals surface area contributed by atoms with Gasteiger partial charge in [0.05, 0.1) is 6.10 Å².